The smallest absolute Gasteiger partial charge is 0.270 e. The molecule has 21 heavy (non-hydrogen) atoms. The molecular formula is C13H15ClN4O3. The van der Waals surface area contributed by atoms with Gasteiger partial charge in [-0.05, 0) is 13.1 Å². The zero-order valence-corrected chi connectivity index (χ0v) is 12.4. The van der Waals surface area contributed by atoms with E-state index in [1.54, 1.807) is 30.9 Å². The summed E-state index contributed by atoms with van der Waals surface area (Å²) in [6.07, 6.45) is 1.55. The number of ether oxygens (including phenoxy) is 1. The number of halogens is 1. The van der Waals surface area contributed by atoms with E-state index in [-0.39, 0.29) is 12.3 Å². The molecule has 7 nitrogen and oxygen atoms in total. The van der Waals surface area contributed by atoms with Crippen molar-refractivity contribution in [2.24, 2.45) is 7.05 Å². The minimum absolute atomic E-state index is 0.0348. The van der Waals surface area contributed by atoms with Gasteiger partial charge in [0.1, 0.15) is 23.3 Å². The highest BCUT2D eigenvalue weighted by Gasteiger charge is 2.12. The van der Waals surface area contributed by atoms with Crippen molar-refractivity contribution in [2.45, 2.75) is 13.2 Å². The quantitative estimate of drug-likeness (QED) is 0.654. The van der Waals surface area contributed by atoms with Gasteiger partial charge in [0, 0.05) is 31.3 Å². The summed E-state index contributed by atoms with van der Waals surface area (Å²) in [5, 5.41) is 14.3. The number of rotatable bonds is 6. The van der Waals surface area contributed by atoms with Gasteiger partial charge in [-0.2, -0.15) is 0 Å². The molecule has 1 heterocycles. The molecule has 0 spiro atoms. The first-order valence-corrected chi connectivity index (χ1v) is 6.61. The van der Waals surface area contributed by atoms with Gasteiger partial charge < -0.3 is 14.6 Å². The molecule has 0 aliphatic rings. The van der Waals surface area contributed by atoms with E-state index in [1.165, 1.54) is 12.1 Å². The predicted molar refractivity (Wildman–Crippen MR) is 78.4 cm³/mol. The molecule has 1 aromatic carbocycles. The number of aromatic nitrogens is 2. The lowest BCUT2D eigenvalue weighted by Crippen LogP contribution is -2.09. The molecule has 0 radical (unpaired) electrons. The third-order valence-corrected chi connectivity index (χ3v) is 3.36. The van der Waals surface area contributed by atoms with Crippen molar-refractivity contribution in [3.8, 4) is 5.75 Å². The lowest BCUT2D eigenvalue weighted by atomic mass is 10.2. The molecular weight excluding hydrogens is 296 g/mol. The number of hydrogen-bond donors (Lipinski definition) is 1. The van der Waals surface area contributed by atoms with Gasteiger partial charge in [0.2, 0.25) is 0 Å². The van der Waals surface area contributed by atoms with Crippen molar-refractivity contribution < 1.29 is 9.66 Å². The molecule has 0 amide bonds. The van der Waals surface area contributed by atoms with Gasteiger partial charge in [0.25, 0.3) is 5.69 Å². The third-order valence-electron chi connectivity index (χ3n) is 3.01. The zero-order chi connectivity index (χ0) is 15.4. The first-order chi connectivity index (χ1) is 10.0. The fourth-order valence-corrected chi connectivity index (χ4v) is 2.00. The second-order valence-electron chi connectivity index (χ2n) is 4.42. The summed E-state index contributed by atoms with van der Waals surface area (Å²) in [7, 11) is 3.56. The molecule has 0 fully saturated rings. The lowest BCUT2D eigenvalue weighted by Gasteiger charge is -2.11. The monoisotopic (exact) mass is 310 g/mol. The van der Waals surface area contributed by atoms with Crippen molar-refractivity contribution in [1.82, 2.24) is 14.9 Å². The van der Waals surface area contributed by atoms with Crippen LogP contribution >= 0.6 is 11.6 Å². The number of nitrogens with zero attached hydrogens (tertiary/aromatic N) is 3. The molecule has 0 aliphatic heterocycles. The van der Waals surface area contributed by atoms with E-state index in [2.05, 4.69) is 10.3 Å². The molecule has 0 bridgehead atoms. The molecule has 1 N–H and O–H groups in total. The lowest BCUT2D eigenvalue weighted by molar-refractivity contribution is -0.384. The summed E-state index contributed by atoms with van der Waals surface area (Å²) >= 11 is 5.91. The van der Waals surface area contributed by atoms with Crippen molar-refractivity contribution >= 4 is 17.3 Å². The molecule has 8 heteroatoms. The minimum atomic E-state index is -0.429. The average molecular weight is 311 g/mol. The Morgan fingerprint density at radius 2 is 2.29 bits per heavy atom. The highest BCUT2D eigenvalue weighted by Crippen LogP contribution is 2.25. The average Bonchev–Trinajstić information content (AvgIpc) is 2.77. The fourth-order valence-electron chi connectivity index (χ4n) is 1.85. The van der Waals surface area contributed by atoms with Crippen LogP contribution in [0.15, 0.2) is 24.4 Å². The van der Waals surface area contributed by atoms with Crippen LogP contribution in [0.5, 0.6) is 5.75 Å². The molecule has 0 aliphatic carbocycles. The van der Waals surface area contributed by atoms with E-state index < -0.39 is 4.92 Å². The summed E-state index contributed by atoms with van der Waals surface area (Å²) in [6, 6.07) is 4.51. The number of nitro benzene ring substituents is 1. The number of benzene rings is 1. The van der Waals surface area contributed by atoms with E-state index in [4.69, 9.17) is 16.3 Å². The van der Waals surface area contributed by atoms with Crippen LogP contribution in [0.2, 0.25) is 5.15 Å². The summed E-state index contributed by atoms with van der Waals surface area (Å²) in [6.45, 7) is 0.704. The van der Waals surface area contributed by atoms with Gasteiger partial charge in [0.05, 0.1) is 11.1 Å². The first kappa shape index (κ1) is 15.3. The Labute approximate surface area is 126 Å². The van der Waals surface area contributed by atoms with Crippen molar-refractivity contribution in [3.05, 3.63) is 51.1 Å². The van der Waals surface area contributed by atoms with Crippen LogP contribution in [0.4, 0.5) is 5.69 Å². The molecule has 0 atom stereocenters. The SMILES string of the molecule is CNCc1cc([N+](=O)[O-])ccc1OCc1ncc(Cl)n1C. The van der Waals surface area contributed by atoms with E-state index >= 15 is 0 Å². The maximum Gasteiger partial charge on any atom is 0.270 e. The number of imidazole rings is 1. The minimum Gasteiger partial charge on any atom is -0.485 e. The Bertz CT molecular complexity index is 657. The van der Waals surface area contributed by atoms with Gasteiger partial charge in [-0.15, -0.1) is 0 Å². The van der Waals surface area contributed by atoms with E-state index in [0.29, 0.717) is 28.8 Å². The Morgan fingerprint density at radius 3 is 2.86 bits per heavy atom. The van der Waals surface area contributed by atoms with Crippen molar-refractivity contribution in [1.29, 1.82) is 0 Å². The molecule has 1 aromatic heterocycles. The highest BCUT2D eigenvalue weighted by atomic mass is 35.5. The number of hydrogen-bond acceptors (Lipinski definition) is 5. The summed E-state index contributed by atoms with van der Waals surface area (Å²) in [5.74, 6) is 1.25. The van der Waals surface area contributed by atoms with E-state index in [9.17, 15) is 10.1 Å². The number of nitrogens with one attached hydrogen (secondary N) is 1. The largest absolute Gasteiger partial charge is 0.485 e. The van der Waals surface area contributed by atoms with Gasteiger partial charge in [-0.3, -0.25) is 10.1 Å². The van der Waals surface area contributed by atoms with E-state index in [1.807, 2.05) is 0 Å². The summed E-state index contributed by atoms with van der Waals surface area (Å²) in [4.78, 5) is 14.5. The zero-order valence-electron chi connectivity index (χ0n) is 11.7. The number of nitro groups is 1. The van der Waals surface area contributed by atoms with Gasteiger partial charge in [-0.1, -0.05) is 11.6 Å². The Kier molecular flexibility index (Phi) is 4.77. The first-order valence-electron chi connectivity index (χ1n) is 6.23. The maximum atomic E-state index is 10.8. The standard InChI is InChI=1S/C13H15ClN4O3/c1-15-6-9-5-10(18(19)20)3-4-11(9)21-8-13-16-7-12(14)17(13)2/h3-5,7,15H,6,8H2,1-2H3. The second kappa shape index (κ2) is 6.55. The number of non-ortho nitro benzene ring substituents is 1. The normalized spacial score (nSPS) is 10.6. The highest BCUT2D eigenvalue weighted by molar-refractivity contribution is 6.29. The van der Waals surface area contributed by atoms with Gasteiger partial charge >= 0.3 is 0 Å². The van der Waals surface area contributed by atoms with Crippen molar-refractivity contribution in [2.75, 3.05) is 7.05 Å². The Morgan fingerprint density at radius 1 is 1.52 bits per heavy atom. The Hall–Kier alpha value is -2.12. The van der Waals surface area contributed by atoms with Crippen LogP contribution in [-0.4, -0.2) is 21.5 Å². The topological polar surface area (TPSA) is 82.2 Å². The molecule has 2 aromatic rings. The van der Waals surface area contributed by atoms with Crippen LogP contribution in [-0.2, 0) is 20.2 Å². The van der Waals surface area contributed by atoms with Crippen molar-refractivity contribution in [3.63, 3.8) is 0 Å². The van der Waals surface area contributed by atoms with Crippen LogP contribution in [0.25, 0.3) is 0 Å². The van der Waals surface area contributed by atoms with Gasteiger partial charge in [0.15, 0.2) is 0 Å². The summed E-state index contributed by atoms with van der Waals surface area (Å²) in [5.41, 5.74) is 0.750. The molecule has 2 rings (SSSR count). The van der Waals surface area contributed by atoms with Crippen LogP contribution in [0.1, 0.15) is 11.4 Å². The van der Waals surface area contributed by atoms with Gasteiger partial charge in [-0.25, -0.2) is 4.98 Å². The molecule has 0 saturated heterocycles. The predicted octanol–water partition coefficient (Wildman–Crippen LogP) is 2.28. The third kappa shape index (κ3) is 3.50. The van der Waals surface area contributed by atoms with Crippen LogP contribution in [0.3, 0.4) is 0 Å². The van der Waals surface area contributed by atoms with E-state index in [0.717, 1.165) is 0 Å². The fraction of sp³-hybridized carbons (Fsp3) is 0.308. The van der Waals surface area contributed by atoms with Crippen LogP contribution < -0.4 is 10.1 Å². The molecule has 112 valence electrons. The Balaban J connectivity index is 2.18. The maximum absolute atomic E-state index is 10.8. The molecule has 0 unspecified atom stereocenters. The second-order valence-corrected chi connectivity index (χ2v) is 4.81. The van der Waals surface area contributed by atoms with Crippen LogP contribution in [0, 0.1) is 10.1 Å². The summed E-state index contributed by atoms with van der Waals surface area (Å²) < 4.78 is 7.41. The molecule has 0 saturated carbocycles.